The maximum atomic E-state index is 11.7. The van der Waals surface area contributed by atoms with Gasteiger partial charge in [0.1, 0.15) is 5.60 Å². The highest BCUT2D eigenvalue weighted by molar-refractivity contribution is 5.67. The summed E-state index contributed by atoms with van der Waals surface area (Å²) in [5.74, 6) is 0. The Labute approximate surface area is 142 Å². The molecule has 1 unspecified atom stereocenters. The van der Waals surface area contributed by atoms with Gasteiger partial charge in [-0.3, -0.25) is 4.90 Å². The highest BCUT2D eigenvalue weighted by Crippen LogP contribution is 2.38. The highest BCUT2D eigenvalue weighted by atomic mass is 16.6. The van der Waals surface area contributed by atoms with Crippen LogP contribution in [0.4, 0.5) is 4.79 Å². The van der Waals surface area contributed by atoms with Gasteiger partial charge in [-0.05, 0) is 58.5 Å². The first-order chi connectivity index (χ1) is 10.7. The second-order valence-corrected chi connectivity index (χ2v) is 7.85. The molecule has 1 rings (SSSR count). The van der Waals surface area contributed by atoms with E-state index in [-0.39, 0.29) is 6.09 Å². The lowest BCUT2D eigenvalue weighted by atomic mass is 9.74. The standard InChI is InChI=1S/C18H37N3O2/c1-6-18(7-2)9-12-21(13-10-18)15(14-19)8-11-20-16(22)23-17(3,4)5/h15H,6-14,19H2,1-5H3,(H,20,22). The topological polar surface area (TPSA) is 67.6 Å². The molecule has 3 N–H and O–H groups in total. The average molecular weight is 328 g/mol. The van der Waals surface area contributed by atoms with Gasteiger partial charge in [0.25, 0.3) is 0 Å². The van der Waals surface area contributed by atoms with Gasteiger partial charge in [-0.1, -0.05) is 26.7 Å². The van der Waals surface area contributed by atoms with E-state index in [1.807, 2.05) is 20.8 Å². The average Bonchev–Trinajstić information content (AvgIpc) is 2.50. The summed E-state index contributed by atoms with van der Waals surface area (Å²) in [5.41, 5.74) is 6.05. The van der Waals surface area contributed by atoms with E-state index in [1.54, 1.807) is 0 Å². The second kappa shape index (κ2) is 8.88. The molecule has 0 bridgehead atoms. The Bertz CT molecular complexity index is 352. The van der Waals surface area contributed by atoms with Crippen molar-refractivity contribution in [3.05, 3.63) is 0 Å². The predicted molar refractivity (Wildman–Crippen MR) is 95.5 cm³/mol. The smallest absolute Gasteiger partial charge is 0.407 e. The van der Waals surface area contributed by atoms with E-state index in [9.17, 15) is 4.79 Å². The van der Waals surface area contributed by atoms with Crippen molar-refractivity contribution in [2.75, 3.05) is 26.2 Å². The monoisotopic (exact) mass is 327 g/mol. The van der Waals surface area contributed by atoms with Gasteiger partial charge in [-0.25, -0.2) is 4.79 Å². The highest BCUT2D eigenvalue weighted by Gasteiger charge is 2.33. The van der Waals surface area contributed by atoms with Crippen LogP contribution in [0.15, 0.2) is 0 Å². The van der Waals surface area contributed by atoms with Gasteiger partial charge in [0.15, 0.2) is 0 Å². The number of ether oxygens (including phenoxy) is 1. The first-order valence-corrected chi connectivity index (χ1v) is 9.16. The van der Waals surface area contributed by atoms with Gasteiger partial charge >= 0.3 is 6.09 Å². The number of nitrogens with one attached hydrogen (secondary N) is 1. The van der Waals surface area contributed by atoms with Crippen molar-refractivity contribution >= 4 is 6.09 Å². The number of carbonyl (C=O) groups excluding carboxylic acids is 1. The lowest BCUT2D eigenvalue weighted by Gasteiger charge is -2.43. The molecular formula is C18H37N3O2. The molecule has 1 amide bonds. The van der Waals surface area contributed by atoms with Crippen LogP contribution in [0, 0.1) is 5.41 Å². The molecule has 0 aromatic carbocycles. The minimum absolute atomic E-state index is 0.344. The molecule has 0 aliphatic carbocycles. The van der Waals surface area contributed by atoms with E-state index in [0.29, 0.717) is 24.5 Å². The van der Waals surface area contributed by atoms with E-state index in [1.165, 1.54) is 25.7 Å². The van der Waals surface area contributed by atoms with Crippen LogP contribution in [0.1, 0.15) is 66.7 Å². The number of piperidine rings is 1. The van der Waals surface area contributed by atoms with Crippen LogP contribution in [-0.2, 0) is 4.74 Å². The molecular weight excluding hydrogens is 290 g/mol. The number of nitrogens with two attached hydrogens (primary N) is 1. The normalized spacial score (nSPS) is 20.1. The Morgan fingerprint density at radius 2 is 1.83 bits per heavy atom. The summed E-state index contributed by atoms with van der Waals surface area (Å²) in [5, 5.41) is 2.84. The molecule has 1 heterocycles. The van der Waals surface area contributed by atoms with Crippen LogP contribution < -0.4 is 11.1 Å². The van der Waals surface area contributed by atoms with Crippen molar-refractivity contribution in [2.45, 2.75) is 78.4 Å². The third-order valence-corrected chi connectivity index (χ3v) is 5.29. The number of hydrogen-bond acceptors (Lipinski definition) is 4. The molecule has 1 aliphatic rings. The molecule has 136 valence electrons. The Morgan fingerprint density at radius 1 is 1.26 bits per heavy atom. The number of likely N-dealkylation sites (tertiary alicyclic amines) is 1. The fourth-order valence-corrected chi connectivity index (χ4v) is 3.43. The molecule has 0 spiro atoms. The van der Waals surface area contributed by atoms with Gasteiger partial charge in [0.05, 0.1) is 0 Å². The summed E-state index contributed by atoms with van der Waals surface area (Å²) in [6, 6.07) is 0.344. The van der Waals surface area contributed by atoms with Crippen molar-refractivity contribution in [3.8, 4) is 0 Å². The SMILES string of the molecule is CCC1(CC)CCN(C(CN)CCNC(=O)OC(C)(C)C)CC1. The predicted octanol–water partition coefficient (Wildman–Crippen LogP) is 3.13. The Kier molecular flexibility index (Phi) is 7.81. The van der Waals surface area contributed by atoms with Crippen LogP contribution in [-0.4, -0.2) is 48.8 Å². The van der Waals surface area contributed by atoms with E-state index in [0.717, 1.165) is 19.5 Å². The summed E-state index contributed by atoms with van der Waals surface area (Å²) in [7, 11) is 0. The molecule has 1 saturated heterocycles. The van der Waals surface area contributed by atoms with Crippen LogP contribution in [0.25, 0.3) is 0 Å². The van der Waals surface area contributed by atoms with Gasteiger partial charge in [0, 0.05) is 19.1 Å². The fraction of sp³-hybridized carbons (Fsp3) is 0.944. The molecule has 1 aliphatic heterocycles. The Morgan fingerprint density at radius 3 is 2.26 bits per heavy atom. The van der Waals surface area contributed by atoms with E-state index >= 15 is 0 Å². The molecule has 23 heavy (non-hydrogen) atoms. The molecule has 5 heteroatoms. The van der Waals surface area contributed by atoms with Crippen molar-refractivity contribution in [1.29, 1.82) is 0 Å². The molecule has 1 fully saturated rings. The van der Waals surface area contributed by atoms with Crippen molar-refractivity contribution in [3.63, 3.8) is 0 Å². The molecule has 1 atom stereocenters. The third-order valence-electron chi connectivity index (χ3n) is 5.29. The minimum atomic E-state index is -0.451. The number of hydrogen-bond donors (Lipinski definition) is 2. The van der Waals surface area contributed by atoms with Crippen LogP contribution >= 0.6 is 0 Å². The first kappa shape index (κ1) is 20.2. The van der Waals surface area contributed by atoms with Gasteiger partial charge < -0.3 is 15.8 Å². The molecule has 0 aromatic rings. The number of amides is 1. The van der Waals surface area contributed by atoms with Gasteiger partial charge in [0.2, 0.25) is 0 Å². The number of rotatable bonds is 7. The lowest BCUT2D eigenvalue weighted by Crippen LogP contribution is -2.49. The third kappa shape index (κ3) is 6.68. The summed E-state index contributed by atoms with van der Waals surface area (Å²) in [6.45, 7) is 13.7. The van der Waals surface area contributed by atoms with Crippen molar-refractivity contribution < 1.29 is 9.53 Å². The second-order valence-electron chi connectivity index (χ2n) is 7.85. The van der Waals surface area contributed by atoms with Crippen LogP contribution in [0.2, 0.25) is 0 Å². The minimum Gasteiger partial charge on any atom is -0.444 e. The quantitative estimate of drug-likeness (QED) is 0.754. The summed E-state index contributed by atoms with van der Waals surface area (Å²) >= 11 is 0. The largest absolute Gasteiger partial charge is 0.444 e. The Balaban J connectivity index is 2.37. The number of nitrogens with zero attached hydrogens (tertiary/aromatic N) is 1. The summed E-state index contributed by atoms with van der Waals surface area (Å²) in [6.07, 6.45) is 5.59. The van der Waals surface area contributed by atoms with Gasteiger partial charge in [-0.2, -0.15) is 0 Å². The van der Waals surface area contributed by atoms with E-state index in [4.69, 9.17) is 10.5 Å². The van der Waals surface area contributed by atoms with Crippen molar-refractivity contribution in [2.24, 2.45) is 11.1 Å². The molecule has 0 radical (unpaired) electrons. The first-order valence-electron chi connectivity index (χ1n) is 9.16. The summed E-state index contributed by atoms with van der Waals surface area (Å²) < 4.78 is 5.26. The zero-order chi connectivity index (χ0) is 17.5. The maximum absolute atomic E-state index is 11.7. The van der Waals surface area contributed by atoms with Crippen LogP contribution in [0.5, 0.6) is 0 Å². The summed E-state index contributed by atoms with van der Waals surface area (Å²) in [4.78, 5) is 14.2. The molecule has 0 saturated carbocycles. The zero-order valence-corrected chi connectivity index (χ0v) is 15.8. The molecule has 5 nitrogen and oxygen atoms in total. The van der Waals surface area contributed by atoms with Crippen molar-refractivity contribution in [1.82, 2.24) is 10.2 Å². The maximum Gasteiger partial charge on any atom is 0.407 e. The van der Waals surface area contributed by atoms with E-state index < -0.39 is 5.60 Å². The van der Waals surface area contributed by atoms with Gasteiger partial charge in [-0.15, -0.1) is 0 Å². The number of alkyl carbamates (subject to hydrolysis) is 1. The Hall–Kier alpha value is -0.810. The van der Waals surface area contributed by atoms with E-state index in [2.05, 4.69) is 24.1 Å². The fourth-order valence-electron chi connectivity index (χ4n) is 3.43. The number of carbonyl (C=O) groups is 1. The lowest BCUT2D eigenvalue weighted by molar-refractivity contribution is 0.0500. The van der Waals surface area contributed by atoms with Crippen LogP contribution in [0.3, 0.4) is 0 Å². The zero-order valence-electron chi connectivity index (χ0n) is 15.8. The molecule has 0 aromatic heterocycles.